The van der Waals surface area contributed by atoms with E-state index < -0.39 is 0 Å². The highest BCUT2D eigenvalue weighted by Crippen LogP contribution is 2.01. The van der Waals surface area contributed by atoms with E-state index in [4.69, 9.17) is 5.26 Å². The summed E-state index contributed by atoms with van der Waals surface area (Å²) in [4.78, 5) is 4.59. The van der Waals surface area contributed by atoms with Crippen molar-refractivity contribution in [3.05, 3.63) is 0 Å². The molecule has 0 saturated heterocycles. The van der Waals surface area contributed by atoms with Gasteiger partial charge in [0.25, 0.3) is 0 Å². The maximum absolute atomic E-state index is 7.52. The Morgan fingerprint density at radius 1 is 0.933 bits per heavy atom. The van der Waals surface area contributed by atoms with E-state index in [0.717, 1.165) is 12.8 Å². The lowest BCUT2D eigenvalue weighted by atomic mass is 10.2. The van der Waals surface area contributed by atoms with Crippen molar-refractivity contribution >= 4 is 0 Å². The molecule has 1 N–H and O–H groups in total. The van der Waals surface area contributed by atoms with E-state index in [2.05, 4.69) is 45.2 Å². The van der Waals surface area contributed by atoms with Crippen LogP contribution in [0.3, 0.4) is 0 Å². The molecule has 0 heterocycles. The van der Waals surface area contributed by atoms with Gasteiger partial charge in [0.15, 0.2) is 0 Å². The van der Waals surface area contributed by atoms with Gasteiger partial charge in [-0.15, -0.1) is 0 Å². The van der Waals surface area contributed by atoms with E-state index in [1.165, 1.54) is 0 Å². The molecule has 0 fully saturated rings. The van der Waals surface area contributed by atoms with Gasteiger partial charge in [0.05, 0.1) is 6.10 Å². The van der Waals surface area contributed by atoms with Crippen LogP contribution in [0.1, 0.15) is 26.7 Å². The molecule has 10 heteroatoms. The maximum Gasteiger partial charge on any atom is 0.0934 e. The molecule has 0 aromatic rings. The van der Waals surface area contributed by atoms with Gasteiger partial charge in [0.1, 0.15) is 0 Å². The van der Waals surface area contributed by atoms with Crippen LogP contribution in [0.2, 0.25) is 0 Å². The van der Waals surface area contributed by atoms with Crippen LogP contribution in [-0.4, -0.2) is 11.4 Å². The second-order valence-corrected chi connectivity index (χ2v) is 2.25. The van der Waals surface area contributed by atoms with Crippen molar-refractivity contribution in [3.63, 3.8) is 0 Å². The van der Waals surface area contributed by atoms with Crippen molar-refractivity contribution in [2.75, 3.05) is 0 Å². The molecule has 0 aromatic carbocycles. The monoisotopic (exact) mass is 232 g/mol. The smallest absolute Gasteiger partial charge is 0.0934 e. The van der Waals surface area contributed by atoms with Crippen LogP contribution in [0.15, 0.2) is 0 Å². The normalized spacial score (nSPS) is 13.0. The van der Waals surface area contributed by atoms with Crippen molar-refractivity contribution in [3.8, 4) is 0 Å². The second kappa shape index (κ2) is 11.7. The Labute approximate surface area is 84.4 Å². The molecule has 0 aliphatic heterocycles. The van der Waals surface area contributed by atoms with Crippen LogP contribution in [0.25, 0.3) is 0 Å². The maximum atomic E-state index is 7.52. The molecule has 0 saturated carbocycles. The Kier molecular flexibility index (Phi) is 11.4. The molecular weight excluding hydrogens is 220 g/mol. The molecule has 0 aliphatic carbocycles. The fraction of sp³-hybridized carbons (Fsp3) is 1.00. The van der Waals surface area contributed by atoms with Gasteiger partial charge in [-0.2, -0.15) is 0 Å². The zero-order valence-electron chi connectivity index (χ0n) is 8.11. The Hall–Kier alpha value is -0.400. The Balaban J connectivity index is 2.98. The third-order valence-electron chi connectivity index (χ3n) is 1.10. The molecule has 0 aromatic heterocycles. The van der Waals surface area contributed by atoms with Crippen molar-refractivity contribution in [2.45, 2.75) is 32.8 Å². The van der Waals surface area contributed by atoms with Gasteiger partial charge >= 0.3 is 0 Å². The third kappa shape index (κ3) is 11.5. The Morgan fingerprint density at radius 3 is 2.00 bits per heavy atom. The zero-order chi connectivity index (χ0) is 11.4. The minimum absolute atomic E-state index is 0.165. The SMILES string of the molecule is CCC[C@H](C)OOOOOOOOOO. The van der Waals surface area contributed by atoms with E-state index in [1.807, 2.05) is 6.92 Å². The van der Waals surface area contributed by atoms with Crippen LogP contribution in [0.4, 0.5) is 0 Å². The summed E-state index contributed by atoms with van der Waals surface area (Å²) in [6, 6.07) is 0. The Morgan fingerprint density at radius 2 is 1.47 bits per heavy atom. The lowest BCUT2D eigenvalue weighted by Crippen LogP contribution is -2.09. The summed E-state index contributed by atoms with van der Waals surface area (Å²) in [5, 5.41) is 36.0. The molecule has 0 rings (SSSR count). The fourth-order valence-electron chi connectivity index (χ4n) is 0.607. The third-order valence-corrected chi connectivity index (χ3v) is 1.10. The first-order valence-electron chi connectivity index (χ1n) is 3.94. The van der Waals surface area contributed by atoms with Gasteiger partial charge in [0.2, 0.25) is 0 Å². The minimum Gasteiger partial charge on any atom is -0.219 e. The summed E-state index contributed by atoms with van der Waals surface area (Å²) in [6.45, 7) is 3.74. The van der Waals surface area contributed by atoms with Crippen molar-refractivity contribution < 1.29 is 50.5 Å². The van der Waals surface area contributed by atoms with Crippen molar-refractivity contribution in [2.24, 2.45) is 0 Å². The number of hydrogen-bond acceptors (Lipinski definition) is 10. The predicted octanol–water partition coefficient (Wildman–Crippen LogP) is 1.12. The van der Waals surface area contributed by atoms with Crippen LogP contribution in [0, 0.1) is 0 Å². The van der Waals surface area contributed by atoms with Crippen LogP contribution < -0.4 is 0 Å². The van der Waals surface area contributed by atoms with Gasteiger partial charge in [-0.1, -0.05) is 13.3 Å². The largest absolute Gasteiger partial charge is 0.219 e. The standard InChI is InChI=1S/C5H12O10/c1-3-4-5(2)7-9-11-13-15-14-12-10-8-6/h5-6H,3-4H2,1-2H3/t5-/m0/s1. The van der Waals surface area contributed by atoms with Crippen molar-refractivity contribution in [1.29, 1.82) is 0 Å². The number of hydrogen-bond donors (Lipinski definition) is 1. The van der Waals surface area contributed by atoms with Crippen molar-refractivity contribution in [1.82, 2.24) is 0 Å². The summed E-state index contributed by atoms with van der Waals surface area (Å²) in [5.41, 5.74) is 0. The molecular formula is C5H12O10. The quantitative estimate of drug-likeness (QED) is 0.316. The van der Waals surface area contributed by atoms with Gasteiger partial charge in [0, 0.05) is 0 Å². The molecule has 10 nitrogen and oxygen atoms in total. The van der Waals surface area contributed by atoms with E-state index >= 15 is 0 Å². The molecule has 0 unspecified atom stereocenters. The molecule has 1 atom stereocenters. The topological polar surface area (TPSA) is 103 Å². The highest BCUT2D eigenvalue weighted by Gasteiger charge is 2.02. The average Bonchev–Trinajstić information content (AvgIpc) is 2.22. The van der Waals surface area contributed by atoms with E-state index in [0.29, 0.717) is 0 Å². The highest BCUT2D eigenvalue weighted by molar-refractivity contribution is 4.42. The summed E-state index contributed by atoms with van der Waals surface area (Å²) < 4.78 is 0. The first-order valence-corrected chi connectivity index (χ1v) is 3.94. The van der Waals surface area contributed by atoms with Crippen LogP contribution in [0.5, 0.6) is 0 Å². The summed E-state index contributed by atoms with van der Waals surface area (Å²) in [5.74, 6) is 0. The number of rotatable bonds is 11. The average molecular weight is 232 g/mol. The Bertz CT molecular complexity index is 120. The predicted molar refractivity (Wildman–Crippen MR) is 36.8 cm³/mol. The molecule has 15 heavy (non-hydrogen) atoms. The fourth-order valence-corrected chi connectivity index (χ4v) is 0.607. The zero-order valence-corrected chi connectivity index (χ0v) is 8.11. The minimum atomic E-state index is -0.165. The first kappa shape index (κ1) is 14.6. The molecule has 0 amide bonds. The highest BCUT2D eigenvalue weighted by atomic mass is 17.9. The van der Waals surface area contributed by atoms with Crippen LogP contribution >= 0.6 is 0 Å². The summed E-state index contributed by atoms with van der Waals surface area (Å²) in [6.07, 6.45) is 1.55. The van der Waals surface area contributed by atoms with Crippen LogP contribution in [-0.2, 0) is 45.2 Å². The van der Waals surface area contributed by atoms with Gasteiger partial charge < -0.3 is 0 Å². The lowest BCUT2D eigenvalue weighted by molar-refractivity contribution is -0.844. The summed E-state index contributed by atoms with van der Waals surface area (Å²) in [7, 11) is 0. The second-order valence-electron chi connectivity index (χ2n) is 2.25. The molecule has 0 bridgehead atoms. The summed E-state index contributed by atoms with van der Waals surface area (Å²) >= 11 is 0. The lowest BCUT2D eigenvalue weighted by Gasteiger charge is -2.06. The van der Waals surface area contributed by atoms with E-state index in [-0.39, 0.29) is 6.10 Å². The molecule has 0 aliphatic rings. The van der Waals surface area contributed by atoms with E-state index in [9.17, 15) is 0 Å². The molecule has 92 valence electrons. The van der Waals surface area contributed by atoms with Gasteiger partial charge in [-0.3, -0.25) is 0 Å². The molecule has 0 radical (unpaired) electrons. The van der Waals surface area contributed by atoms with Gasteiger partial charge in [-0.25, -0.2) is 10.1 Å². The molecule has 0 spiro atoms. The first-order chi connectivity index (χ1) is 7.31. The van der Waals surface area contributed by atoms with E-state index in [1.54, 1.807) is 6.92 Å². The van der Waals surface area contributed by atoms with Gasteiger partial charge in [-0.05, 0) is 53.7 Å².